The molecule has 106 valence electrons. The van der Waals surface area contributed by atoms with Crippen LogP contribution in [0, 0.1) is 13.8 Å². The van der Waals surface area contributed by atoms with Crippen molar-refractivity contribution in [3.05, 3.63) is 22.9 Å². The minimum atomic E-state index is 0.336. The minimum absolute atomic E-state index is 0.336. The predicted octanol–water partition coefficient (Wildman–Crippen LogP) is 2.05. The zero-order valence-corrected chi connectivity index (χ0v) is 13.0. The first-order valence-corrected chi connectivity index (χ1v) is 7.03. The largest absolute Gasteiger partial charge is 0.476 e. The normalized spacial score (nSPS) is 10.8. The number of thiocarbonyl (C=S) groups is 1. The fourth-order valence-electron chi connectivity index (χ4n) is 2.02. The molecular formula is C14H23N3OS. The number of aromatic nitrogens is 1. The average Bonchev–Trinajstić information content (AvgIpc) is 2.33. The molecule has 0 saturated heterocycles. The lowest BCUT2D eigenvalue weighted by molar-refractivity contribution is 0.217. The molecule has 5 heteroatoms. The summed E-state index contributed by atoms with van der Waals surface area (Å²) >= 11 is 5.08. The summed E-state index contributed by atoms with van der Waals surface area (Å²) in [5, 5.41) is 0. The van der Waals surface area contributed by atoms with E-state index in [0.29, 0.717) is 17.5 Å². The second-order valence-corrected chi connectivity index (χ2v) is 4.94. The van der Waals surface area contributed by atoms with Crippen LogP contribution in [0.5, 0.6) is 5.88 Å². The van der Waals surface area contributed by atoms with Gasteiger partial charge in [-0.1, -0.05) is 26.1 Å². The molecule has 0 atom stereocenters. The molecule has 0 spiro atoms. The van der Waals surface area contributed by atoms with Gasteiger partial charge in [0.15, 0.2) is 0 Å². The highest BCUT2D eigenvalue weighted by Crippen LogP contribution is 2.20. The van der Waals surface area contributed by atoms with Gasteiger partial charge in [0.25, 0.3) is 0 Å². The number of nitrogens with zero attached hydrogens (tertiary/aromatic N) is 2. The van der Waals surface area contributed by atoms with Crippen molar-refractivity contribution in [3.63, 3.8) is 0 Å². The summed E-state index contributed by atoms with van der Waals surface area (Å²) < 4.78 is 5.77. The van der Waals surface area contributed by atoms with Crippen molar-refractivity contribution in [2.45, 2.75) is 27.7 Å². The zero-order chi connectivity index (χ0) is 14.4. The fourth-order valence-corrected chi connectivity index (χ4v) is 2.27. The summed E-state index contributed by atoms with van der Waals surface area (Å²) in [5.74, 6) is 0.553. The van der Waals surface area contributed by atoms with E-state index in [1.165, 1.54) is 0 Å². The molecule has 0 bridgehead atoms. The maximum Gasteiger partial charge on any atom is 0.224 e. The second kappa shape index (κ2) is 7.40. The number of nitrogens with two attached hydrogens (primary N) is 1. The average molecular weight is 281 g/mol. The first-order valence-electron chi connectivity index (χ1n) is 6.62. The zero-order valence-electron chi connectivity index (χ0n) is 12.2. The Kier molecular flexibility index (Phi) is 6.18. The van der Waals surface area contributed by atoms with Crippen molar-refractivity contribution in [2.75, 3.05) is 26.2 Å². The molecule has 0 unspecified atom stereocenters. The van der Waals surface area contributed by atoms with Crippen molar-refractivity contribution < 1.29 is 4.74 Å². The molecule has 4 nitrogen and oxygen atoms in total. The van der Waals surface area contributed by atoms with Gasteiger partial charge in [-0.3, -0.25) is 0 Å². The molecule has 2 N–H and O–H groups in total. The number of aryl methyl sites for hydroxylation is 2. The van der Waals surface area contributed by atoms with Gasteiger partial charge in [-0.15, -0.1) is 0 Å². The van der Waals surface area contributed by atoms with Gasteiger partial charge in [0.2, 0.25) is 5.88 Å². The van der Waals surface area contributed by atoms with Crippen molar-refractivity contribution in [3.8, 4) is 5.88 Å². The van der Waals surface area contributed by atoms with E-state index in [0.717, 1.165) is 36.5 Å². The number of hydrogen-bond acceptors (Lipinski definition) is 4. The minimum Gasteiger partial charge on any atom is -0.476 e. The predicted molar refractivity (Wildman–Crippen MR) is 82.9 cm³/mol. The number of likely N-dealkylation sites (N-methyl/N-ethyl adjacent to an activating group) is 1. The van der Waals surface area contributed by atoms with Crippen LogP contribution in [0.15, 0.2) is 6.07 Å². The highest BCUT2D eigenvalue weighted by molar-refractivity contribution is 7.80. The molecule has 0 aromatic carbocycles. The monoisotopic (exact) mass is 281 g/mol. The van der Waals surface area contributed by atoms with Gasteiger partial charge in [-0.25, -0.2) is 4.98 Å². The third-order valence-electron chi connectivity index (χ3n) is 3.10. The van der Waals surface area contributed by atoms with Gasteiger partial charge in [-0.05, 0) is 38.6 Å². The van der Waals surface area contributed by atoms with E-state index in [4.69, 9.17) is 22.7 Å². The van der Waals surface area contributed by atoms with Gasteiger partial charge in [0, 0.05) is 12.2 Å². The molecule has 1 rings (SSSR count). The topological polar surface area (TPSA) is 51.4 Å². The van der Waals surface area contributed by atoms with Gasteiger partial charge < -0.3 is 15.4 Å². The quantitative estimate of drug-likeness (QED) is 0.775. The van der Waals surface area contributed by atoms with Crippen LogP contribution in [-0.4, -0.2) is 41.1 Å². The molecule has 0 saturated carbocycles. The third-order valence-corrected chi connectivity index (χ3v) is 3.30. The fraction of sp³-hybridized carbons (Fsp3) is 0.571. The highest BCUT2D eigenvalue weighted by atomic mass is 32.1. The van der Waals surface area contributed by atoms with E-state index in [1.54, 1.807) is 0 Å². The van der Waals surface area contributed by atoms with Gasteiger partial charge >= 0.3 is 0 Å². The Morgan fingerprint density at radius 2 is 2.00 bits per heavy atom. The Morgan fingerprint density at radius 3 is 2.53 bits per heavy atom. The van der Waals surface area contributed by atoms with Crippen molar-refractivity contribution in [2.24, 2.45) is 5.73 Å². The van der Waals surface area contributed by atoms with Crippen LogP contribution in [0.25, 0.3) is 0 Å². The molecule has 1 aromatic heterocycles. The van der Waals surface area contributed by atoms with Crippen LogP contribution < -0.4 is 10.5 Å². The summed E-state index contributed by atoms with van der Waals surface area (Å²) in [6, 6.07) is 1.96. The van der Waals surface area contributed by atoms with Crippen LogP contribution >= 0.6 is 12.2 Å². The summed E-state index contributed by atoms with van der Waals surface area (Å²) in [6.45, 7) is 11.7. The van der Waals surface area contributed by atoms with Crippen LogP contribution in [0.3, 0.4) is 0 Å². The van der Waals surface area contributed by atoms with E-state index < -0.39 is 0 Å². The number of ether oxygens (including phenoxy) is 1. The molecule has 0 aliphatic carbocycles. The Bertz CT molecular complexity index is 445. The summed E-state index contributed by atoms with van der Waals surface area (Å²) in [5.41, 5.74) is 8.42. The molecule has 1 heterocycles. The van der Waals surface area contributed by atoms with Gasteiger partial charge in [0.05, 0.1) is 5.56 Å². The maximum atomic E-state index is 5.77. The van der Waals surface area contributed by atoms with Crippen LogP contribution in [0.1, 0.15) is 30.7 Å². The van der Waals surface area contributed by atoms with Crippen molar-refractivity contribution in [1.82, 2.24) is 9.88 Å². The molecule has 0 radical (unpaired) electrons. The molecule has 0 fully saturated rings. The highest BCUT2D eigenvalue weighted by Gasteiger charge is 2.13. The molecule has 19 heavy (non-hydrogen) atoms. The molecule has 0 amide bonds. The van der Waals surface area contributed by atoms with Crippen LogP contribution in [0.4, 0.5) is 0 Å². The van der Waals surface area contributed by atoms with Gasteiger partial charge in [0.1, 0.15) is 11.6 Å². The lowest BCUT2D eigenvalue weighted by Crippen LogP contribution is -2.28. The van der Waals surface area contributed by atoms with E-state index in [9.17, 15) is 0 Å². The number of pyridine rings is 1. The first-order chi connectivity index (χ1) is 8.99. The molecule has 0 aliphatic heterocycles. The maximum absolute atomic E-state index is 5.77. The summed E-state index contributed by atoms with van der Waals surface area (Å²) in [7, 11) is 0. The molecular weight excluding hydrogens is 258 g/mol. The lowest BCUT2D eigenvalue weighted by Gasteiger charge is -2.19. The smallest absolute Gasteiger partial charge is 0.224 e. The number of rotatable bonds is 7. The van der Waals surface area contributed by atoms with E-state index in [-0.39, 0.29) is 0 Å². The Morgan fingerprint density at radius 1 is 1.37 bits per heavy atom. The third kappa shape index (κ3) is 4.44. The summed E-state index contributed by atoms with van der Waals surface area (Å²) in [6.07, 6.45) is 0. The van der Waals surface area contributed by atoms with E-state index in [2.05, 4.69) is 23.7 Å². The molecule has 0 aliphatic rings. The van der Waals surface area contributed by atoms with Crippen LogP contribution in [-0.2, 0) is 0 Å². The SMILES string of the molecule is CCN(CC)CCOc1nc(C)cc(C)c1C(N)=S. The molecule has 1 aromatic rings. The van der Waals surface area contributed by atoms with Gasteiger partial charge in [-0.2, -0.15) is 0 Å². The van der Waals surface area contributed by atoms with Crippen molar-refractivity contribution >= 4 is 17.2 Å². The van der Waals surface area contributed by atoms with E-state index >= 15 is 0 Å². The second-order valence-electron chi connectivity index (χ2n) is 4.50. The Hall–Kier alpha value is -1.20. The number of hydrogen-bond donors (Lipinski definition) is 1. The van der Waals surface area contributed by atoms with E-state index in [1.807, 2.05) is 19.9 Å². The van der Waals surface area contributed by atoms with Crippen LogP contribution in [0.2, 0.25) is 0 Å². The van der Waals surface area contributed by atoms with Crippen molar-refractivity contribution in [1.29, 1.82) is 0 Å². The Balaban J connectivity index is 2.80. The first kappa shape index (κ1) is 15.9. The Labute approximate surface area is 121 Å². The summed E-state index contributed by atoms with van der Waals surface area (Å²) in [4.78, 5) is 7.03. The standard InChI is InChI=1S/C14H23N3OS/c1-5-17(6-2)7-8-18-14-12(13(15)19)10(3)9-11(4)16-14/h9H,5-8H2,1-4H3,(H2,15,19). The lowest BCUT2D eigenvalue weighted by atomic mass is 10.1.